The molecule has 0 unspecified atom stereocenters. The normalized spacial score (nSPS) is 10.3. The fraction of sp³-hybridized carbons (Fsp3) is 0. The Morgan fingerprint density at radius 1 is 1.36 bits per heavy atom. The number of H-pyrrole nitrogens is 1. The largest absolute Gasteiger partial charge is 0.477 e. The average molecular weight is 205 g/mol. The lowest BCUT2D eigenvalue weighted by molar-refractivity contribution is 0.0690. The maximum atomic E-state index is 10.7. The van der Waals surface area contributed by atoms with Gasteiger partial charge in [0, 0.05) is 5.39 Å². The lowest BCUT2D eigenvalue weighted by atomic mass is 10.1. The van der Waals surface area contributed by atoms with E-state index in [9.17, 15) is 4.79 Å². The first-order chi connectivity index (χ1) is 6.68. The summed E-state index contributed by atoms with van der Waals surface area (Å²) in [6.07, 6.45) is 0. The van der Waals surface area contributed by atoms with Gasteiger partial charge in [-0.1, -0.05) is 36.5 Å². The molecule has 1 aromatic carbocycles. The number of hydrogen-bond donors (Lipinski definition) is 2. The van der Waals surface area contributed by atoms with Crippen LogP contribution in [0.1, 0.15) is 10.5 Å². The van der Waals surface area contributed by atoms with E-state index in [1.54, 1.807) is 6.07 Å². The van der Waals surface area contributed by atoms with Gasteiger partial charge in [0.15, 0.2) is 0 Å². The highest BCUT2D eigenvalue weighted by atomic mass is 32.1. The number of hydrogen-bond acceptors (Lipinski definition) is 2. The second kappa shape index (κ2) is 3.23. The van der Waals surface area contributed by atoms with Gasteiger partial charge in [0.05, 0.1) is 0 Å². The number of nitrogens with one attached hydrogen (secondary N) is 1. The number of pyridine rings is 1. The third-order valence-electron chi connectivity index (χ3n) is 1.98. The summed E-state index contributed by atoms with van der Waals surface area (Å²) in [7, 11) is 0. The smallest absolute Gasteiger partial charge is 0.352 e. The van der Waals surface area contributed by atoms with E-state index in [0.29, 0.717) is 4.64 Å². The van der Waals surface area contributed by atoms with Gasteiger partial charge in [-0.05, 0) is 11.5 Å². The van der Waals surface area contributed by atoms with Gasteiger partial charge >= 0.3 is 5.97 Å². The molecule has 0 saturated carbocycles. The molecule has 2 rings (SSSR count). The molecule has 0 spiro atoms. The molecule has 4 heteroatoms. The van der Waals surface area contributed by atoms with E-state index in [1.807, 2.05) is 24.3 Å². The fourth-order valence-electron chi connectivity index (χ4n) is 1.33. The van der Waals surface area contributed by atoms with Gasteiger partial charge in [-0.3, -0.25) is 0 Å². The van der Waals surface area contributed by atoms with E-state index in [4.69, 9.17) is 17.3 Å². The maximum Gasteiger partial charge on any atom is 0.352 e. The van der Waals surface area contributed by atoms with Crippen molar-refractivity contribution in [3.05, 3.63) is 40.7 Å². The second-order valence-corrected chi connectivity index (χ2v) is 3.31. The number of aromatic nitrogens is 1. The quantitative estimate of drug-likeness (QED) is 0.703. The van der Waals surface area contributed by atoms with Gasteiger partial charge < -0.3 is 10.1 Å². The minimum absolute atomic E-state index is 0.119. The van der Waals surface area contributed by atoms with Crippen molar-refractivity contribution in [2.75, 3.05) is 0 Å². The van der Waals surface area contributed by atoms with Crippen LogP contribution < -0.4 is 0 Å². The molecule has 0 amide bonds. The van der Waals surface area contributed by atoms with E-state index in [0.717, 1.165) is 10.8 Å². The number of aromatic carboxylic acids is 1. The minimum Gasteiger partial charge on any atom is -0.477 e. The van der Waals surface area contributed by atoms with Crippen LogP contribution in [-0.2, 0) is 0 Å². The average Bonchev–Trinajstić information content (AvgIpc) is 2.17. The zero-order valence-electron chi connectivity index (χ0n) is 7.15. The molecule has 0 aliphatic rings. The van der Waals surface area contributed by atoms with Gasteiger partial charge in [0.2, 0.25) is 0 Å². The van der Waals surface area contributed by atoms with Crippen LogP contribution in [0.2, 0.25) is 0 Å². The summed E-state index contributed by atoms with van der Waals surface area (Å²) in [4.78, 5) is 13.4. The summed E-state index contributed by atoms with van der Waals surface area (Å²) in [6, 6.07) is 8.99. The number of benzene rings is 1. The first-order valence-electron chi connectivity index (χ1n) is 4.04. The Morgan fingerprint density at radius 3 is 2.79 bits per heavy atom. The SMILES string of the molecule is O=C(O)c1cc2ccccc2c(=S)[nH]1. The summed E-state index contributed by atoms with van der Waals surface area (Å²) < 4.78 is 0.459. The van der Waals surface area contributed by atoms with Crippen molar-refractivity contribution in [2.24, 2.45) is 0 Å². The Kier molecular flexibility index (Phi) is 2.05. The van der Waals surface area contributed by atoms with Crippen LogP contribution in [0.25, 0.3) is 10.8 Å². The number of rotatable bonds is 1. The van der Waals surface area contributed by atoms with Gasteiger partial charge in [-0.25, -0.2) is 4.79 Å². The Hall–Kier alpha value is -1.68. The zero-order chi connectivity index (χ0) is 10.1. The van der Waals surface area contributed by atoms with Crippen molar-refractivity contribution >= 4 is 29.0 Å². The van der Waals surface area contributed by atoms with Crippen LogP contribution in [0.15, 0.2) is 30.3 Å². The molecule has 70 valence electrons. The van der Waals surface area contributed by atoms with Crippen molar-refractivity contribution in [3.8, 4) is 0 Å². The number of fused-ring (bicyclic) bond motifs is 1. The second-order valence-electron chi connectivity index (χ2n) is 2.90. The van der Waals surface area contributed by atoms with Gasteiger partial charge in [0.1, 0.15) is 10.3 Å². The van der Waals surface area contributed by atoms with Crippen LogP contribution in [0, 0.1) is 4.64 Å². The number of aromatic amines is 1. The van der Waals surface area contributed by atoms with Crippen molar-refractivity contribution in [3.63, 3.8) is 0 Å². The highest BCUT2D eigenvalue weighted by molar-refractivity contribution is 7.71. The van der Waals surface area contributed by atoms with Crippen LogP contribution in [0.3, 0.4) is 0 Å². The van der Waals surface area contributed by atoms with E-state index >= 15 is 0 Å². The first kappa shape index (κ1) is 8.90. The van der Waals surface area contributed by atoms with Gasteiger partial charge in [0.25, 0.3) is 0 Å². The molecule has 2 N–H and O–H groups in total. The highest BCUT2D eigenvalue weighted by Gasteiger charge is 2.04. The van der Waals surface area contributed by atoms with Crippen LogP contribution >= 0.6 is 12.2 Å². The highest BCUT2D eigenvalue weighted by Crippen LogP contribution is 2.15. The molecule has 0 aliphatic carbocycles. The predicted octanol–water partition coefficient (Wildman–Crippen LogP) is 2.60. The Labute approximate surface area is 85.0 Å². The van der Waals surface area contributed by atoms with E-state index in [2.05, 4.69) is 4.98 Å². The van der Waals surface area contributed by atoms with Crippen molar-refractivity contribution in [2.45, 2.75) is 0 Å². The standard InChI is InChI=1S/C10H7NO2S/c12-10(13)8-5-6-3-1-2-4-7(6)9(14)11-8/h1-5H,(H,11,14)(H,12,13). The summed E-state index contributed by atoms with van der Waals surface area (Å²) in [6.45, 7) is 0. The van der Waals surface area contributed by atoms with E-state index < -0.39 is 5.97 Å². The summed E-state index contributed by atoms with van der Waals surface area (Å²) in [5.41, 5.74) is 0.119. The molecular weight excluding hydrogens is 198 g/mol. The summed E-state index contributed by atoms with van der Waals surface area (Å²) in [5, 5.41) is 10.5. The van der Waals surface area contributed by atoms with Crippen molar-refractivity contribution in [1.29, 1.82) is 0 Å². The lowest BCUT2D eigenvalue weighted by Crippen LogP contribution is -2.00. The van der Waals surface area contributed by atoms with Crippen LogP contribution in [0.5, 0.6) is 0 Å². The van der Waals surface area contributed by atoms with E-state index in [-0.39, 0.29) is 5.69 Å². The molecule has 0 bridgehead atoms. The van der Waals surface area contributed by atoms with Gasteiger partial charge in [-0.15, -0.1) is 0 Å². The molecule has 2 aromatic rings. The van der Waals surface area contributed by atoms with Gasteiger partial charge in [-0.2, -0.15) is 0 Å². The molecule has 1 aromatic heterocycles. The van der Waals surface area contributed by atoms with Crippen molar-refractivity contribution in [1.82, 2.24) is 4.98 Å². The van der Waals surface area contributed by atoms with Crippen LogP contribution in [-0.4, -0.2) is 16.1 Å². The lowest BCUT2D eigenvalue weighted by Gasteiger charge is -1.99. The molecular formula is C10H7NO2S. The molecule has 0 saturated heterocycles. The van der Waals surface area contributed by atoms with E-state index in [1.165, 1.54) is 0 Å². The molecule has 0 aliphatic heterocycles. The third-order valence-corrected chi connectivity index (χ3v) is 2.31. The number of carboxylic acids is 1. The molecule has 3 nitrogen and oxygen atoms in total. The topological polar surface area (TPSA) is 53.1 Å². The first-order valence-corrected chi connectivity index (χ1v) is 4.44. The molecule has 0 atom stereocenters. The van der Waals surface area contributed by atoms with Crippen LogP contribution in [0.4, 0.5) is 0 Å². The molecule has 1 heterocycles. The number of carbonyl (C=O) groups is 1. The summed E-state index contributed by atoms with van der Waals surface area (Å²) >= 11 is 5.04. The van der Waals surface area contributed by atoms with Crippen molar-refractivity contribution < 1.29 is 9.90 Å². The fourth-order valence-corrected chi connectivity index (χ4v) is 1.62. The zero-order valence-corrected chi connectivity index (χ0v) is 7.97. The Balaban J connectivity index is 2.86. The Bertz CT molecular complexity index is 559. The molecule has 0 radical (unpaired) electrons. The number of carboxylic acid groups (broad SMARTS) is 1. The maximum absolute atomic E-state index is 10.7. The predicted molar refractivity (Wildman–Crippen MR) is 56.1 cm³/mol. The monoisotopic (exact) mass is 205 g/mol. The molecule has 14 heavy (non-hydrogen) atoms. The Morgan fingerprint density at radius 2 is 2.07 bits per heavy atom. The summed E-state index contributed by atoms with van der Waals surface area (Å²) in [5.74, 6) is -0.998. The third kappa shape index (κ3) is 1.40. The molecule has 0 fully saturated rings. The minimum atomic E-state index is -0.998.